The summed E-state index contributed by atoms with van der Waals surface area (Å²) in [6, 6.07) is 0. The van der Waals surface area contributed by atoms with Gasteiger partial charge in [0.2, 0.25) is 5.91 Å². The highest BCUT2D eigenvalue weighted by atomic mass is 16.2. The molecule has 1 aliphatic heterocycles. The van der Waals surface area contributed by atoms with Crippen LogP contribution in [0.2, 0.25) is 0 Å². The lowest BCUT2D eigenvalue weighted by Gasteiger charge is -2.35. The Hall–Kier alpha value is -0.570. The van der Waals surface area contributed by atoms with E-state index in [1.807, 2.05) is 19.0 Å². The molecule has 12 heavy (non-hydrogen) atoms. The fraction of sp³-hybridized carbons (Fsp3) is 0.778. The number of carbonyl (C=O) groups excluding carboxylic acids is 1. The van der Waals surface area contributed by atoms with Crippen molar-refractivity contribution in [2.75, 3.05) is 27.2 Å². The Morgan fingerprint density at radius 2 is 2.25 bits per heavy atom. The average Bonchev–Trinajstić information content (AvgIpc) is 2.03. The van der Waals surface area contributed by atoms with E-state index in [1.54, 1.807) is 4.90 Å². The van der Waals surface area contributed by atoms with Crippen molar-refractivity contribution in [2.45, 2.75) is 12.8 Å². The van der Waals surface area contributed by atoms with Crippen LogP contribution in [0.3, 0.4) is 0 Å². The first kappa shape index (κ1) is 9.52. The second-order valence-electron chi connectivity index (χ2n) is 3.65. The first-order valence-corrected chi connectivity index (χ1v) is 4.38. The highest BCUT2D eigenvalue weighted by Gasteiger charge is 2.22. The molecule has 1 atom stereocenters. The molecule has 3 nitrogen and oxygen atoms in total. The lowest BCUT2D eigenvalue weighted by Crippen LogP contribution is -2.40. The SMILES string of the molecule is [CH2-]N1CCC[C@H](C(=O)N(C)C)C1. The fourth-order valence-corrected chi connectivity index (χ4v) is 1.62. The van der Waals surface area contributed by atoms with Crippen LogP contribution < -0.4 is 0 Å². The van der Waals surface area contributed by atoms with Gasteiger partial charge in [-0.2, -0.15) is 0 Å². The molecule has 0 aromatic rings. The predicted molar refractivity (Wildman–Crippen MR) is 48.3 cm³/mol. The van der Waals surface area contributed by atoms with Gasteiger partial charge in [0, 0.05) is 20.0 Å². The predicted octanol–water partition coefficient (Wildman–Crippen LogP) is 0.578. The van der Waals surface area contributed by atoms with E-state index in [9.17, 15) is 4.79 Å². The highest BCUT2D eigenvalue weighted by Crippen LogP contribution is 2.16. The van der Waals surface area contributed by atoms with Crippen molar-refractivity contribution < 1.29 is 4.79 Å². The van der Waals surface area contributed by atoms with Gasteiger partial charge in [-0.3, -0.25) is 11.8 Å². The fourth-order valence-electron chi connectivity index (χ4n) is 1.62. The average molecular weight is 169 g/mol. The molecular weight excluding hydrogens is 152 g/mol. The summed E-state index contributed by atoms with van der Waals surface area (Å²) in [6.07, 6.45) is 2.11. The van der Waals surface area contributed by atoms with Crippen LogP contribution in [-0.2, 0) is 4.79 Å². The number of hydrogen-bond acceptors (Lipinski definition) is 2. The zero-order valence-corrected chi connectivity index (χ0v) is 7.92. The van der Waals surface area contributed by atoms with Gasteiger partial charge in [0.05, 0.1) is 0 Å². The Kier molecular flexibility index (Phi) is 3.09. The second kappa shape index (κ2) is 3.90. The zero-order chi connectivity index (χ0) is 9.14. The maximum Gasteiger partial charge on any atom is 0.226 e. The summed E-state index contributed by atoms with van der Waals surface area (Å²) < 4.78 is 0. The molecule has 0 unspecified atom stereocenters. The third-order valence-corrected chi connectivity index (χ3v) is 2.30. The van der Waals surface area contributed by atoms with Gasteiger partial charge in [-0.15, -0.1) is 0 Å². The standard InChI is InChI=1S/C9H17N2O/c1-10(2)9(12)8-5-4-6-11(3)7-8/h8H,3-7H2,1-2H3/q-1/t8-/m0/s1. The van der Waals surface area contributed by atoms with Gasteiger partial charge >= 0.3 is 0 Å². The molecule has 1 amide bonds. The summed E-state index contributed by atoms with van der Waals surface area (Å²) >= 11 is 0. The number of nitrogens with zero attached hydrogens (tertiary/aromatic N) is 2. The monoisotopic (exact) mass is 169 g/mol. The molecule has 0 radical (unpaired) electrons. The van der Waals surface area contributed by atoms with Crippen molar-refractivity contribution in [3.05, 3.63) is 7.05 Å². The highest BCUT2D eigenvalue weighted by molar-refractivity contribution is 5.78. The number of piperidine rings is 1. The molecule has 0 saturated carbocycles. The van der Waals surface area contributed by atoms with E-state index in [1.165, 1.54) is 0 Å². The van der Waals surface area contributed by atoms with Gasteiger partial charge in [-0.25, -0.2) is 0 Å². The number of amides is 1. The lowest BCUT2D eigenvalue weighted by molar-refractivity contribution is -0.134. The van der Waals surface area contributed by atoms with E-state index in [0.717, 1.165) is 25.9 Å². The van der Waals surface area contributed by atoms with Crippen molar-refractivity contribution in [2.24, 2.45) is 5.92 Å². The number of hydrogen-bond donors (Lipinski definition) is 0. The third kappa shape index (κ3) is 2.21. The number of carbonyl (C=O) groups is 1. The summed E-state index contributed by atoms with van der Waals surface area (Å²) in [7, 11) is 7.47. The molecule has 3 heteroatoms. The normalized spacial score (nSPS) is 25.4. The maximum absolute atomic E-state index is 11.5. The van der Waals surface area contributed by atoms with E-state index in [0.29, 0.717) is 0 Å². The Balaban J connectivity index is 2.46. The van der Waals surface area contributed by atoms with Gasteiger partial charge in [0.25, 0.3) is 0 Å². The van der Waals surface area contributed by atoms with Gasteiger partial charge < -0.3 is 9.80 Å². The van der Waals surface area contributed by atoms with Gasteiger partial charge in [-0.05, 0) is 25.9 Å². The molecular formula is C9H17N2O-. The molecule has 0 aromatic carbocycles. The van der Waals surface area contributed by atoms with Crippen LogP contribution in [0.4, 0.5) is 0 Å². The molecule has 0 aliphatic carbocycles. The number of likely N-dealkylation sites (tertiary alicyclic amines) is 1. The summed E-state index contributed by atoms with van der Waals surface area (Å²) in [6.45, 7) is 1.84. The molecule has 0 N–H and O–H groups in total. The second-order valence-corrected chi connectivity index (χ2v) is 3.65. The van der Waals surface area contributed by atoms with Gasteiger partial charge in [0.1, 0.15) is 0 Å². The molecule has 1 fully saturated rings. The largest absolute Gasteiger partial charge is 0.459 e. The third-order valence-electron chi connectivity index (χ3n) is 2.30. The van der Waals surface area contributed by atoms with Crippen LogP contribution in [0.25, 0.3) is 0 Å². The summed E-state index contributed by atoms with van der Waals surface area (Å²) in [4.78, 5) is 15.2. The first-order valence-electron chi connectivity index (χ1n) is 4.38. The maximum atomic E-state index is 11.5. The Bertz CT molecular complexity index is 168. The summed E-state index contributed by atoms with van der Waals surface area (Å²) in [5.74, 6) is 0.412. The summed E-state index contributed by atoms with van der Waals surface area (Å²) in [5.41, 5.74) is 0. The number of rotatable bonds is 1. The summed E-state index contributed by atoms with van der Waals surface area (Å²) in [5, 5.41) is 0. The van der Waals surface area contributed by atoms with E-state index in [-0.39, 0.29) is 11.8 Å². The first-order chi connectivity index (χ1) is 5.61. The van der Waals surface area contributed by atoms with Crippen molar-refractivity contribution in [3.8, 4) is 0 Å². The van der Waals surface area contributed by atoms with Crippen LogP contribution in [0.15, 0.2) is 0 Å². The van der Waals surface area contributed by atoms with Crippen molar-refractivity contribution in [1.29, 1.82) is 0 Å². The van der Waals surface area contributed by atoms with E-state index in [4.69, 9.17) is 0 Å². The molecule has 70 valence electrons. The minimum atomic E-state index is 0.172. The molecule has 0 spiro atoms. The van der Waals surface area contributed by atoms with Gasteiger partial charge in [-0.1, -0.05) is 0 Å². The van der Waals surface area contributed by atoms with E-state index >= 15 is 0 Å². The molecule has 1 aliphatic rings. The molecule has 1 saturated heterocycles. The quantitative estimate of drug-likeness (QED) is 0.536. The molecule has 0 bridgehead atoms. The smallest absolute Gasteiger partial charge is 0.226 e. The molecule has 1 heterocycles. The van der Waals surface area contributed by atoms with Crippen LogP contribution in [0, 0.1) is 13.0 Å². The Labute approximate surface area is 74.3 Å². The van der Waals surface area contributed by atoms with Crippen molar-refractivity contribution in [1.82, 2.24) is 9.80 Å². The van der Waals surface area contributed by atoms with Crippen molar-refractivity contribution >= 4 is 5.91 Å². The van der Waals surface area contributed by atoms with Crippen LogP contribution in [0.1, 0.15) is 12.8 Å². The van der Waals surface area contributed by atoms with Crippen LogP contribution in [-0.4, -0.2) is 42.9 Å². The van der Waals surface area contributed by atoms with Gasteiger partial charge in [0.15, 0.2) is 0 Å². The molecule has 0 aromatic heterocycles. The van der Waals surface area contributed by atoms with Crippen LogP contribution >= 0.6 is 0 Å². The topological polar surface area (TPSA) is 23.6 Å². The Morgan fingerprint density at radius 1 is 1.58 bits per heavy atom. The Morgan fingerprint density at radius 3 is 2.75 bits per heavy atom. The molecule has 1 rings (SSSR count). The van der Waals surface area contributed by atoms with E-state index in [2.05, 4.69) is 7.05 Å². The van der Waals surface area contributed by atoms with Crippen molar-refractivity contribution in [3.63, 3.8) is 0 Å². The zero-order valence-electron chi connectivity index (χ0n) is 7.92. The minimum Gasteiger partial charge on any atom is -0.459 e. The van der Waals surface area contributed by atoms with E-state index < -0.39 is 0 Å². The van der Waals surface area contributed by atoms with Crippen LogP contribution in [0.5, 0.6) is 0 Å². The lowest BCUT2D eigenvalue weighted by atomic mass is 9.97. The minimum absolute atomic E-state index is 0.172.